The number of anilines is 2. The minimum Gasteiger partial charge on any atom is -0.494 e. The van der Waals surface area contributed by atoms with E-state index in [1.54, 1.807) is 25.7 Å². The molecule has 0 amide bonds. The summed E-state index contributed by atoms with van der Waals surface area (Å²) >= 11 is 0. The minimum absolute atomic E-state index is 0.515. The average molecular weight is 220 g/mol. The second-order valence-electron chi connectivity index (χ2n) is 3.11. The SMILES string of the molecule is COc1cnc(NCc2cn[nH]c2N)nc1. The van der Waals surface area contributed by atoms with Gasteiger partial charge >= 0.3 is 0 Å². The number of aromatic amines is 1. The van der Waals surface area contributed by atoms with E-state index in [-0.39, 0.29) is 0 Å². The monoisotopic (exact) mass is 220 g/mol. The first-order chi connectivity index (χ1) is 7.79. The van der Waals surface area contributed by atoms with E-state index in [1.165, 1.54) is 0 Å². The summed E-state index contributed by atoms with van der Waals surface area (Å²) in [6.45, 7) is 0.522. The molecule has 0 saturated carbocycles. The Balaban J connectivity index is 1.97. The zero-order valence-corrected chi connectivity index (χ0v) is 8.77. The van der Waals surface area contributed by atoms with Crippen LogP contribution in [0.3, 0.4) is 0 Å². The highest BCUT2D eigenvalue weighted by molar-refractivity contribution is 5.39. The van der Waals surface area contributed by atoms with Gasteiger partial charge < -0.3 is 15.8 Å². The summed E-state index contributed by atoms with van der Waals surface area (Å²) < 4.78 is 4.95. The number of rotatable bonds is 4. The predicted molar refractivity (Wildman–Crippen MR) is 58.9 cm³/mol. The molecule has 0 radical (unpaired) electrons. The Morgan fingerprint density at radius 3 is 2.69 bits per heavy atom. The highest BCUT2D eigenvalue weighted by Gasteiger charge is 2.02. The van der Waals surface area contributed by atoms with E-state index in [0.29, 0.717) is 24.1 Å². The molecule has 0 aromatic carbocycles. The first-order valence-corrected chi connectivity index (χ1v) is 4.67. The summed E-state index contributed by atoms with van der Waals surface area (Å²) in [4.78, 5) is 8.12. The fourth-order valence-electron chi connectivity index (χ4n) is 1.15. The molecular weight excluding hydrogens is 208 g/mol. The lowest BCUT2D eigenvalue weighted by atomic mass is 10.3. The zero-order chi connectivity index (χ0) is 11.4. The number of ether oxygens (including phenoxy) is 1. The summed E-state index contributed by atoms with van der Waals surface area (Å²) in [6, 6.07) is 0. The molecule has 84 valence electrons. The smallest absolute Gasteiger partial charge is 0.223 e. The van der Waals surface area contributed by atoms with Crippen LogP contribution in [-0.4, -0.2) is 27.3 Å². The van der Waals surface area contributed by atoms with Crippen LogP contribution in [-0.2, 0) is 6.54 Å². The van der Waals surface area contributed by atoms with Gasteiger partial charge in [0.15, 0.2) is 5.75 Å². The van der Waals surface area contributed by atoms with E-state index in [1.807, 2.05) is 0 Å². The van der Waals surface area contributed by atoms with Crippen LogP contribution in [0.5, 0.6) is 5.75 Å². The van der Waals surface area contributed by atoms with E-state index in [9.17, 15) is 0 Å². The van der Waals surface area contributed by atoms with Crippen molar-refractivity contribution >= 4 is 11.8 Å². The molecule has 7 heteroatoms. The normalized spacial score (nSPS) is 10.1. The van der Waals surface area contributed by atoms with Crippen molar-refractivity contribution in [3.8, 4) is 5.75 Å². The fraction of sp³-hybridized carbons (Fsp3) is 0.222. The van der Waals surface area contributed by atoms with Gasteiger partial charge in [-0.05, 0) is 0 Å². The molecule has 0 bridgehead atoms. The summed E-state index contributed by atoms with van der Waals surface area (Å²) in [5.74, 6) is 1.68. The number of nitrogen functional groups attached to an aromatic ring is 1. The van der Waals surface area contributed by atoms with Crippen molar-refractivity contribution in [2.45, 2.75) is 6.54 Å². The maximum Gasteiger partial charge on any atom is 0.223 e. The van der Waals surface area contributed by atoms with Crippen LogP contribution in [0.1, 0.15) is 5.56 Å². The Kier molecular flexibility index (Phi) is 2.86. The molecule has 4 N–H and O–H groups in total. The van der Waals surface area contributed by atoms with Crippen molar-refractivity contribution in [1.29, 1.82) is 0 Å². The summed E-state index contributed by atoms with van der Waals surface area (Å²) in [5, 5.41) is 9.48. The zero-order valence-electron chi connectivity index (χ0n) is 8.77. The molecule has 2 rings (SSSR count). The summed E-state index contributed by atoms with van der Waals surface area (Å²) in [7, 11) is 1.57. The second kappa shape index (κ2) is 4.47. The van der Waals surface area contributed by atoms with E-state index >= 15 is 0 Å². The molecule has 2 aromatic rings. The number of aromatic nitrogens is 4. The molecule has 0 unspecified atom stereocenters. The molecule has 2 aromatic heterocycles. The molecule has 0 aliphatic heterocycles. The predicted octanol–water partition coefficient (Wildman–Crippen LogP) is 0.403. The van der Waals surface area contributed by atoms with Crippen molar-refractivity contribution in [1.82, 2.24) is 20.2 Å². The van der Waals surface area contributed by atoms with Gasteiger partial charge in [-0.3, -0.25) is 5.10 Å². The Morgan fingerprint density at radius 2 is 2.12 bits per heavy atom. The van der Waals surface area contributed by atoms with Gasteiger partial charge in [-0.15, -0.1) is 0 Å². The molecule has 0 atom stereocenters. The van der Waals surface area contributed by atoms with Gasteiger partial charge in [0.2, 0.25) is 5.95 Å². The Morgan fingerprint density at radius 1 is 1.38 bits per heavy atom. The van der Waals surface area contributed by atoms with Crippen molar-refractivity contribution in [3.05, 3.63) is 24.2 Å². The number of methoxy groups -OCH3 is 1. The van der Waals surface area contributed by atoms with Crippen LogP contribution in [0, 0.1) is 0 Å². The molecule has 0 spiro atoms. The maximum atomic E-state index is 5.63. The Hall–Kier alpha value is -2.31. The molecule has 7 nitrogen and oxygen atoms in total. The van der Waals surface area contributed by atoms with Gasteiger partial charge in [0, 0.05) is 12.1 Å². The van der Waals surface area contributed by atoms with Crippen LogP contribution in [0.25, 0.3) is 0 Å². The van der Waals surface area contributed by atoms with Gasteiger partial charge in [-0.2, -0.15) is 5.10 Å². The molecule has 0 saturated heterocycles. The third-order valence-corrected chi connectivity index (χ3v) is 2.05. The van der Waals surface area contributed by atoms with Crippen molar-refractivity contribution in [2.75, 3.05) is 18.2 Å². The minimum atomic E-state index is 0.515. The molecule has 16 heavy (non-hydrogen) atoms. The number of nitrogens with two attached hydrogens (primary N) is 1. The van der Waals surface area contributed by atoms with Crippen LogP contribution >= 0.6 is 0 Å². The standard InChI is InChI=1S/C9H12N6O/c1-16-7-4-12-9(13-5-7)11-2-6-3-14-15-8(6)10/h3-5H,2H2,1H3,(H3,10,14,15)(H,11,12,13). The fourth-order valence-corrected chi connectivity index (χ4v) is 1.15. The van der Waals surface area contributed by atoms with E-state index < -0.39 is 0 Å². The maximum absolute atomic E-state index is 5.63. The molecular formula is C9H12N6O. The van der Waals surface area contributed by atoms with Crippen molar-refractivity contribution in [3.63, 3.8) is 0 Å². The lowest BCUT2D eigenvalue weighted by molar-refractivity contribution is 0.411. The van der Waals surface area contributed by atoms with Crippen molar-refractivity contribution < 1.29 is 4.74 Å². The highest BCUT2D eigenvalue weighted by Crippen LogP contribution is 2.10. The molecule has 2 heterocycles. The Labute approximate surface area is 92.1 Å². The van der Waals surface area contributed by atoms with Crippen LogP contribution < -0.4 is 15.8 Å². The first kappa shape index (κ1) is 10.2. The lowest BCUT2D eigenvalue weighted by Crippen LogP contribution is -2.04. The van der Waals surface area contributed by atoms with E-state index in [2.05, 4.69) is 25.5 Å². The second-order valence-corrected chi connectivity index (χ2v) is 3.11. The van der Waals surface area contributed by atoms with Gasteiger partial charge in [0.05, 0.1) is 25.7 Å². The van der Waals surface area contributed by atoms with Gasteiger partial charge in [0.25, 0.3) is 0 Å². The van der Waals surface area contributed by atoms with Crippen LogP contribution in [0.15, 0.2) is 18.6 Å². The summed E-state index contributed by atoms with van der Waals surface area (Å²) in [6.07, 6.45) is 4.84. The van der Waals surface area contributed by atoms with E-state index in [0.717, 1.165) is 5.56 Å². The van der Waals surface area contributed by atoms with Gasteiger partial charge in [0.1, 0.15) is 5.82 Å². The molecule has 0 fully saturated rings. The van der Waals surface area contributed by atoms with E-state index in [4.69, 9.17) is 10.5 Å². The number of nitrogens with one attached hydrogen (secondary N) is 2. The van der Waals surface area contributed by atoms with Crippen LogP contribution in [0.4, 0.5) is 11.8 Å². The van der Waals surface area contributed by atoms with Crippen molar-refractivity contribution in [2.24, 2.45) is 0 Å². The number of hydrogen-bond acceptors (Lipinski definition) is 6. The molecule has 0 aliphatic rings. The quantitative estimate of drug-likeness (QED) is 0.689. The number of hydrogen-bond donors (Lipinski definition) is 3. The first-order valence-electron chi connectivity index (χ1n) is 4.67. The third kappa shape index (κ3) is 2.19. The van der Waals surface area contributed by atoms with Gasteiger partial charge in [-0.25, -0.2) is 9.97 Å². The van der Waals surface area contributed by atoms with Gasteiger partial charge in [-0.1, -0.05) is 0 Å². The number of H-pyrrole nitrogens is 1. The highest BCUT2D eigenvalue weighted by atomic mass is 16.5. The molecule has 0 aliphatic carbocycles. The topological polar surface area (TPSA) is 102 Å². The lowest BCUT2D eigenvalue weighted by Gasteiger charge is -2.04. The summed E-state index contributed by atoms with van der Waals surface area (Å²) in [5.41, 5.74) is 6.51. The Bertz CT molecular complexity index is 451. The third-order valence-electron chi connectivity index (χ3n) is 2.05. The van der Waals surface area contributed by atoms with Crippen LogP contribution in [0.2, 0.25) is 0 Å². The largest absolute Gasteiger partial charge is 0.494 e. The number of nitrogens with zero attached hydrogens (tertiary/aromatic N) is 3. The average Bonchev–Trinajstić information content (AvgIpc) is 2.73.